The van der Waals surface area contributed by atoms with Gasteiger partial charge in [0, 0.05) is 12.1 Å². The number of nitrogens with one attached hydrogen (secondary N) is 1. The van der Waals surface area contributed by atoms with Crippen LogP contribution in [0.1, 0.15) is 27.4 Å². The maximum atomic E-state index is 11.8. The zero-order valence-electron chi connectivity index (χ0n) is 9.86. The highest BCUT2D eigenvalue weighted by atomic mass is 16.5. The lowest BCUT2D eigenvalue weighted by molar-refractivity contribution is 0.0941. The van der Waals surface area contributed by atoms with Gasteiger partial charge in [-0.15, -0.1) is 0 Å². The van der Waals surface area contributed by atoms with Crippen molar-refractivity contribution in [1.29, 1.82) is 0 Å². The van der Waals surface area contributed by atoms with Crippen LogP contribution in [0, 0.1) is 13.8 Å². The maximum Gasteiger partial charge on any atom is 0.274 e. The molecule has 0 bridgehead atoms. The highest BCUT2D eigenvalue weighted by molar-refractivity contribution is 5.93. The molecule has 88 valence electrons. The van der Waals surface area contributed by atoms with Crippen molar-refractivity contribution in [3.63, 3.8) is 0 Å². The van der Waals surface area contributed by atoms with Gasteiger partial charge in [-0.25, -0.2) is 0 Å². The van der Waals surface area contributed by atoms with E-state index >= 15 is 0 Å². The van der Waals surface area contributed by atoms with Crippen molar-refractivity contribution in [2.24, 2.45) is 0 Å². The summed E-state index contributed by atoms with van der Waals surface area (Å²) in [6.45, 7) is 4.10. The second-order valence-corrected chi connectivity index (χ2v) is 3.88. The molecule has 4 heteroatoms. The minimum atomic E-state index is -0.205. The average molecular weight is 230 g/mol. The van der Waals surface area contributed by atoms with E-state index in [9.17, 15) is 4.79 Å². The van der Waals surface area contributed by atoms with Gasteiger partial charge in [0.25, 0.3) is 5.91 Å². The van der Waals surface area contributed by atoms with E-state index in [1.807, 2.05) is 37.3 Å². The summed E-state index contributed by atoms with van der Waals surface area (Å²) in [6.07, 6.45) is 0. The van der Waals surface area contributed by atoms with Gasteiger partial charge in [-0.2, -0.15) is 0 Å². The van der Waals surface area contributed by atoms with E-state index in [1.165, 1.54) is 0 Å². The summed E-state index contributed by atoms with van der Waals surface area (Å²) in [4.78, 5) is 11.8. The maximum absolute atomic E-state index is 11.8. The topological polar surface area (TPSA) is 55.1 Å². The normalized spacial score (nSPS) is 10.2. The number of nitrogens with zero attached hydrogens (tertiary/aromatic N) is 1. The van der Waals surface area contributed by atoms with Crippen LogP contribution < -0.4 is 5.32 Å². The molecule has 0 aliphatic rings. The Balaban J connectivity index is 2.01. The molecule has 0 radical (unpaired) electrons. The van der Waals surface area contributed by atoms with Gasteiger partial charge in [0.05, 0.1) is 0 Å². The van der Waals surface area contributed by atoms with Crippen LogP contribution >= 0.6 is 0 Å². The molecule has 0 saturated heterocycles. The molecule has 1 amide bonds. The molecule has 4 nitrogen and oxygen atoms in total. The lowest BCUT2D eigenvalue weighted by Crippen LogP contribution is -2.23. The molecule has 0 fully saturated rings. The fraction of sp³-hybridized carbons (Fsp3) is 0.231. The predicted molar refractivity (Wildman–Crippen MR) is 63.6 cm³/mol. The molecule has 2 aromatic rings. The quantitative estimate of drug-likeness (QED) is 0.879. The number of hydrogen-bond acceptors (Lipinski definition) is 3. The number of carbonyl (C=O) groups excluding carboxylic acids is 1. The van der Waals surface area contributed by atoms with E-state index in [0.29, 0.717) is 18.0 Å². The Morgan fingerprint density at radius 1 is 1.29 bits per heavy atom. The van der Waals surface area contributed by atoms with E-state index in [0.717, 1.165) is 11.1 Å². The molecule has 17 heavy (non-hydrogen) atoms. The fourth-order valence-corrected chi connectivity index (χ4v) is 1.49. The van der Waals surface area contributed by atoms with Crippen molar-refractivity contribution in [3.05, 3.63) is 52.9 Å². The minimum absolute atomic E-state index is 0.205. The van der Waals surface area contributed by atoms with Crippen molar-refractivity contribution in [1.82, 2.24) is 10.5 Å². The van der Waals surface area contributed by atoms with Gasteiger partial charge in [-0.05, 0) is 19.4 Å². The van der Waals surface area contributed by atoms with Gasteiger partial charge in [-0.1, -0.05) is 35.5 Å². The first-order valence-electron chi connectivity index (χ1n) is 5.43. The smallest absolute Gasteiger partial charge is 0.274 e. The monoisotopic (exact) mass is 230 g/mol. The second-order valence-electron chi connectivity index (χ2n) is 3.88. The van der Waals surface area contributed by atoms with Crippen LogP contribution in [-0.4, -0.2) is 11.1 Å². The Hall–Kier alpha value is -2.10. The molecule has 0 atom stereocenters. The molecule has 1 heterocycles. The van der Waals surface area contributed by atoms with Crippen molar-refractivity contribution in [2.45, 2.75) is 20.4 Å². The Kier molecular flexibility index (Phi) is 3.23. The highest BCUT2D eigenvalue weighted by Gasteiger charge is 2.15. The molecule has 0 aliphatic heterocycles. The van der Waals surface area contributed by atoms with Gasteiger partial charge in [-0.3, -0.25) is 4.79 Å². The van der Waals surface area contributed by atoms with Gasteiger partial charge >= 0.3 is 0 Å². The third-order valence-electron chi connectivity index (χ3n) is 2.67. The summed E-state index contributed by atoms with van der Waals surface area (Å²) >= 11 is 0. The first-order valence-corrected chi connectivity index (χ1v) is 5.43. The zero-order valence-corrected chi connectivity index (χ0v) is 9.86. The first kappa shape index (κ1) is 11.4. The summed E-state index contributed by atoms with van der Waals surface area (Å²) in [6, 6.07) is 9.73. The Bertz CT molecular complexity index is 517. The lowest BCUT2D eigenvalue weighted by atomic mass is 10.2. The fourth-order valence-electron chi connectivity index (χ4n) is 1.49. The van der Waals surface area contributed by atoms with Crippen LogP contribution in [0.4, 0.5) is 0 Å². The largest absolute Gasteiger partial charge is 0.361 e. The number of hydrogen-bond donors (Lipinski definition) is 1. The van der Waals surface area contributed by atoms with Crippen molar-refractivity contribution >= 4 is 5.91 Å². The molecule has 0 saturated carbocycles. The van der Waals surface area contributed by atoms with Crippen LogP contribution in [0.2, 0.25) is 0 Å². The van der Waals surface area contributed by atoms with E-state index in [2.05, 4.69) is 10.5 Å². The van der Waals surface area contributed by atoms with Crippen LogP contribution in [0.15, 0.2) is 34.9 Å². The number of rotatable bonds is 3. The van der Waals surface area contributed by atoms with Gasteiger partial charge < -0.3 is 9.84 Å². The number of aryl methyl sites for hydroxylation is 1. The molecule has 0 aliphatic carbocycles. The van der Waals surface area contributed by atoms with Crippen LogP contribution in [0.3, 0.4) is 0 Å². The van der Waals surface area contributed by atoms with Crippen molar-refractivity contribution in [3.8, 4) is 0 Å². The number of carbonyl (C=O) groups is 1. The first-order chi connectivity index (χ1) is 8.18. The van der Waals surface area contributed by atoms with E-state index in [1.54, 1.807) is 6.92 Å². The molecule has 1 aromatic heterocycles. The zero-order chi connectivity index (χ0) is 12.3. The molecule has 0 unspecified atom stereocenters. The van der Waals surface area contributed by atoms with Crippen molar-refractivity contribution in [2.75, 3.05) is 0 Å². The van der Waals surface area contributed by atoms with E-state index in [-0.39, 0.29) is 5.91 Å². The third-order valence-corrected chi connectivity index (χ3v) is 2.67. The lowest BCUT2D eigenvalue weighted by Gasteiger charge is -2.03. The molecule has 1 aromatic carbocycles. The Morgan fingerprint density at radius 2 is 2.00 bits per heavy atom. The third kappa shape index (κ3) is 2.53. The molecule has 0 spiro atoms. The average Bonchev–Trinajstić information content (AvgIpc) is 2.69. The van der Waals surface area contributed by atoms with Gasteiger partial charge in [0.2, 0.25) is 0 Å². The van der Waals surface area contributed by atoms with Crippen LogP contribution in [-0.2, 0) is 6.54 Å². The Labute approximate surface area is 99.6 Å². The predicted octanol–water partition coefficient (Wildman–Crippen LogP) is 2.22. The number of benzene rings is 1. The van der Waals surface area contributed by atoms with E-state index < -0.39 is 0 Å². The standard InChI is InChI=1S/C13H14N2O2/c1-9-10(2)17-15-12(9)13(16)14-8-11-6-4-3-5-7-11/h3-7H,8H2,1-2H3,(H,14,16). The molecular formula is C13H14N2O2. The summed E-state index contributed by atoms with van der Waals surface area (Å²) < 4.78 is 4.96. The van der Waals surface area contributed by atoms with Gasteiger partial charge in [0.15, 0.2) is 5.69 Å². The second kappa shape index (κ2) is 4.82. The number of aromatic nitrogens is 1. The molecule has 1 N–H and O–H groups in total. The molecular weight excluding hydrogens is 216 g/mol. The van der Waals surface area contributed by atoms with Crippen molar-refractivity contribution < 1.29 is 9.32 Å². The van der Waals surface area contributed by atoms with Gasteiger partial charge in [0.1, 0.15) is 5.76 Å². The van der Waals surface area contributed by atoms with Crippen LogP contribution in [0.25, 0.3) is 0 Å². The Morgan fingerprint density at radius 3 is 2.59 bits per heavy atom. The SMILES string of the molecule is Cc1onc(C(=O)NCc2ccccc2)c1C. The van der Waals surface area contributed by atoms with E-state index in [4.69, 9.17) is 4.52 Å². The highest BCUT2D eigenvalue weighted by Crippen LogP contribution is 2.11. The van der Waals surface area contributed by atoms with Crippen LogP contribution in [0.5, 0.6) is 0 Å². The summed E-state index contributed by atoms with van der Waals surface area (Å²) in [5.74, 6) is 0.470. The minimum Gasteiger partial charge on any atom is -0.361 e. The summed E-state index contributed by atoms with van der Waals surface area (Å²) in [5, 5.41) is 6.55. The molecule has 2 rings (SSSR count). The summed E-state index contributed by atoms with van der Waals surface area (Å²) in [7, 11) is 0. The number of amides is 1. The summed E-state index contributed by atoms with van der Waals surface area (Å²) in [5.41, 5.74) is 2.20.